The standard InChI is InChI=1S/C8H15ClO4P/c1-5(2)12-8(10)7(9)14(11)13-6(3)4/h5-7H,1-4H3/q+1. The predicted molar refractivity (Wildman–Crippen MR) is 54.7 cm³/mol. The van der Waals surface area contributed by atoms with Gasteiger partial charge in [0.2, 0.25) is 0 Å². The Bertz CT molecular complexity index is 195. The van der Waals surface area contributed by atoms with E-state index in [0.717, 1.165) is 0 Å². The van der Waals surface area contributed by atoms with Crippen LogP contribution in [0.2, 0.25) is 0 Å². The van der Waals surface area contributed by atoms with Gasteiger partial charge in [-0.3, -0.25) is 0 Å². The summed E-state index contributed by atoms with van der Waals surface area (Å²) >= 11 is 5.59. The molecule has 0 aromatic carbocycles. The van der Waals surface area contributed by atoms with Crippen molar-refractivity contribution in [1.29, 1.82) is 0 Å². The maximum absolute atomic E-state index is 11.3. The van der Waals surface area contributed by atoms with Gasteiger partial charge in [-0.2, -0.15) is 0 Å². The van der Waals surface area contributed by atoms with Crippen molar-refractivity contribution < 1.29 is 18.6 Å². The van der Waals surface area contributed by atoms with Crippen LogP contribution in [0, 0.1) is 0 Å². The van der Waals surface area contributed by atoms with Gasteiger partial charge in [-0.1, -0.05) is 11.6 Å². The monoisotopic (exact) mass is 241 g/mol. The molecule has 0 saturated carbocycles. The van der Waals surface area contributed by atoms with Crippen molar-refractivity contribution in [2.45, 2.75) is 45.0 Å². The first-order valence-electron chi connectivity index (χ1n) is 4.32. The molecule has 0 aromatic heterocycles. The lowest BCUT2D eigenvalue weighted by atomic mass is 10.5. The predicted octanol–water partition coefficient (Wildman–Crippen LogP) is 2.67. The summed E-state index contributed by atoms with van der Waals surface area (Å²) in [6.45, 7) is 6.81. The number of carbonyl (C=O) groups excluding carboxylic acids is 1. The molecule has 0 aliphatic carbocycles. The summed E-state index contributed by atoms with van der Waals surface area (Å²) in [5, 5.41) is -1.23. The molecule has 0 fully saturated rings. The number of hydrogen-bond acceptors (Lipinski definition) is 4. The smallest absolute Gasteiger partial charge is 0.459 e. The maximum atomic E-state index is 11.3. The van der Waals surface area contributed by atoms with E-state index in [1.807, 2.05) is 0 Å². The molecule has 0 spiro atoms. The molecule has 0 aliphatic rings. The lowest BCUT2D eigenvalue weighted by Gasteiger charge is -2.06. The van der Waals surface area contributed by atoms with Crippen LogP contribution >= 0.6 is 19.6 Å². The van der Waals surface area contributed by atoms with E-state index in [-0.39, 0.29) is 12.2 Å². The van der Waals surface area contributed by atoms with Crippen molar-refractivity contribution in [3.8, 4) is 0 Å². The minimum atomic E-state index is -2.21. The van der Waals surface area contributed by atoms with E-state index in [9.17, 15) is 9.36 Å². The quantitative estimate of drug-likeness (QED) is 0.422. The highest BCUT2D eigenvalue weighted by atomic mass is 35.5. The molecule has 14 heavy (non-hydrogen) atoms. The molecule has 0 rings (SSSR count). The zero-order valence-electron chi connectivity index (χ0n) is 8.69. The molecule has 0 aromatic rings. The van der Waals surface area contributed by atoms with Gasteiger partial charge in [0.1, 0.15) is 6.10 Å². The summed E-state index contributed by atoms with van der Waals surface area (Å²) in [5.74, 6) is -0.705. The number of carbonyl (C=O) groups is 1. The fourth-order valence-corrected chi connectivity index (χ4v) is 1.58. The highest BCUT2D eigenvalue weighted by Gasteiger charge is 2.40. The molecule has 2 unspecified atom stereocenters. The highest BCUT2D eigenvalue weighted by Crippen LogP contribution is 2.34. The number of hydrogen-bond donors (Lipinski definition) is 0. The van der Waals surface area contributed by atoms with Gasteiger partial charge in [0.05, 0.1) is 6.10 Å². The summed E-state index contributed by atoms with van der Waals surface area (Å²) in [7, 11) is -2.21. The summed E-state index contributed by atoms with van der Waals surface area (Å²) in [6.07, 6.45) is -0.502. The molecule has 0 aliphatic heterocycles. The largest absolute Gasteiger partial charge is 0.540 e. The third-order valence-electron chi connectivity index (χ3n) is 1.05. The first kappa shape index (κ1) is 13.8. The fourth-order valence-electron chi connectivity index (χ4n) is 0.636. The Balaban J connectivity index is 4.11. The summed E-state index contributed by atoms with van der Waals surface area (Å²) in [4.78, 5) is 11.2. The number of rotatable bonds is 5. The molecule has 6 heteroatoms. The van der Waals surface area contributed by atoms with Crippen LogP contribution in [0.25, 0.3) is 0 Å². The van der Waals surface area contributed by atoms with Crippen LogP contribution in [0.1, 0.15) is 27.7 Å². The van der Waals surface area contributed by atoms with E-state index in [4.69, 9.17) is 20.9 Å². The van der Waals surface area contributed by atoms with Crippen LogP contribution in [0.4, 0.5) is 0 Å². The molecule has 0 N–H and O–H groups in total. The number of halogens is 1. The van der Waals surface area contributed by atoms with E-state index in [2.05, 4.69) is 0 Å². The molecule has 82 valence electrons. The third kappa shape index (κ3) is 5.53. The highest BCUT2D eigenvalue weighted by molar-refractivity contribution is 7.44. The van der Waals surface area contributed by atoms with Gasteiger partial charge in [-0.25, -0.2) is 4.79 Å². The van der Waals surface area contributed by atoms with E-state index in [0.29, 0.717) is 0 Å². The van der Waals surface area contributed by atoms with Crippen LogP contribution in [-0.4, -0.2) is 23.3 Å². The lowest BCUT2D eigenvalue weighted by Crippen LogP contribution is -2.19. The second-order valence-corrected chi connectivity index (χ2v) is 5.30. The van der Waals surface area contributed by atoms with E-state index >= 15 is 0 Å². The molecular formula is C8H15ClO4P+. The maximum Gasteiger partial charge on any atom is 0.540 e. The molecule has 4 nitrogen and oxygen atoms in total. The Labute approximate surface area is 89.8 Å². The van der Waals surface area contributed by atoms with Crippen LogP contribution in [-0.2, 0) is 18.6 Å². The Morgan fingerprint density at radius 2 is 1.71 bits per heavy atom. The van der Waals surface area contributed by atoms with Gasteiger partial charge in [0.25, 0.3) is 0 Å². The minimum absolute atomic E-state index is 0.230. The first-order chi connectivity index (χ1) is 6.34. The van der Waals surface area contributed by atoms with Gasteiger partial charge in [-0.15, -0.1) is 4.52 Å². The van der Waals surface area contributed by atoms with Gasteiger partial charge < -0.3 is 4.74 Å². The van der Waals surface area contributed by atoms with Crippen molar-refractivity contribution in [3.63, 3.8) is 0 Å². The van der Waals surface area contributed by atoms with Crippen LogP contribution in [0.3, 0.4) is 0 Å². The molecule has 0 saturated heterocycles. The van der Waals surface area contributed by atoms with Crippen molar-refractivity contribution in [2.75, 3.05) is 0 Å². The van der Waals surface area contributed by atoms with Gasteiger partial charge in [0, 0.05) is 0 Å². The second-order valence-electron chi connectivity index (χ2n) is 3.26. The summed E-state index contributed by atoms with van der Waals surface area (Å²) < 4.78 is 20.9. The number of alkyl halides is 1. The topological polar surface area (TPSA) is 52.6 Å². The molecule has 0 bridgehead atoms. The zero-order chi connectivity index (χ0) is 11.3. The van der Waals surface area contributed by atoms with Gasteiger partial charge >= 0.3 is 19.1 Å². The first-order valence-corrected chi connectivity index (χ1v) is 6.00. The van der Waals surface area contributed by atoms with Crippen LogP contribution in [0.15, 0.2) is 0 Å². The van der Waals surface area contributed by atoms with Crippen molar-refractivity contribution in [3.05, 3.63) is 0 Å². The average Bonchev–Trinajstić information content (AvgIpc) is 2.00. The van der Waals surface area contributed by atoms with E-state index in [1.165, 1.54) is 0 Å². The minimum Gasteiger partial charge on any atom is -0.459 e. The molecule has 2 atom stereocenters. The second kappa shape index (κ2) is 6.33. The van der Waals surface area contributed by atoms with E-state index < -0.39 is 19.1 Å². The summed E-state index contributed by atoms with van der Waals surface area (Å²) in [5.41, 5.74) is 0. The van der Waals surface area contributed by atoms with Gasteiger partial charge in [-0.05, 0) is 32.3 Å². The Morgan fingerprint density at radius 3 is 2.07 bits per heavy atom. The number of esters is 1. The molecule has 0 amide bonds. The van der Waals surface area contributed by atoms with Crippen LogP contribution < -0.4 is 0 Å². The summed E-state index contributed by atoms with van der Waals surface area (Å²) in [6, 6.07) is 0. The van der Waals surface area contributed by atoms with E-state index in [1.54, 1.807) is 27.7 Å². The number of ether oxygens (including phenoxy) is 1. The molecule has 0 radical (unpaired) electrons. The average molecular weight is 242 g/mol. The molecule has 0 heterocycles. The molecular weight excluding hydrogens is 227 g/mol. The normalized spacial score (nSPS) is 14.4. The SMILES string of the molecule is CC(C)OC(=O)C(Cl)[P+](=O)OC(C)C. The van der Waals surface area contributed by atoms with Crippen molar-refractivity contribution in [1.82, 2.24) is 0 Å². The third-order valence-corrected chi connectivity index (χ3v) is 2.91. The van der Waals surface area contributed by atoms with Gasteiger partial charge in [0.15, 0.2) is 0 Å². The zero-order valence-corrected chi connectivity index (χ0v) is 10.3. The van der Waals surface area contributed by atoms with Crippen molar-refractivity contribution in [2.24, 2.45) is 0 Å². The Hall–Kier alpha value is -0.180. The Morgan fingerprint density at radius 1 is 1.21 bits per heavy atom. The van der Waals surface area contributed by atoms with Crippen molar-refractivity contribution >= 4 is 25.6 Å². The fraction of sp³-hybridized carbons (Fsp3) is 0.875. The lowest BCUT2D eigenvalue weighted by molar-refractivity contribution is -0.145. The Kier molecular flexibility index (Phi) is 6.25. The van der Waals surface area contributed by atoms with Crippen LogP contribution in [0.5, 0.6) is 0 Å².